The Morgan fingerprint density at radius 3 is 2.92 bits per heavy atom. The quantitative estimate of drug-likeness (QED) is 0.537. The molecule has 12 heavy (non-hydrogen) atoms. The van der Waals surface area contributed by atoms with E-state index >= 15 is 0 Å². The number of nitrogens with two attached hydrogens (primary N) is 1. The van der Waals surface area contributed by atoms with E-state index in [0.29, 0.717) is 17.9 Å². The van der Waals surface area contributed by atoms with Gasteiger partial charge in [-0.05, 0) is 18.2 Å². The number of methoxy groups -OCH3 is 1. The van der Waals surface area contributed by atoms with Crippen molar-refractivity contribution in [1.29, 1.82) is 0 Å². The van der Waals surface area contributed by atoms with E-state index in [1.165, 1.54) is 0 Å². The number of hydrogen-bond acceptors (Lipinski definition) is 3. The Morgan fingerprint density at radius 2 is 2.33 bits per heavy atom. The van der Waals surface area contributed by atoms with Gasteiger partial charge in [-0.2, -0.15) is 0 Å². The fourth-order valence-corrected chi connectivity index (χ4v) is 1.05. The van der Waals surface area contributed by atoms with Crippen molar-refractivity contribution in [2.45, 2.75) is 6.42 Å². The van der Waals surface area contributed by atoms with Crippen molar-refractivity contribution in [3.05, 3.63) is 23.8 Å². The molecule has 0 amide bonds. The van der Waals surface area contributed by atoms with Crippen LogP contribution in [0.15, 0.2) is 18.2 Å². The van der Waals surface area contributed by atoms with Crippen molar-refractivity contribution in [3.8, 4) is 5.75 Å². The maximum absolute atomic E-state index is 10.3. The maximum atomic E-state index is 10.3. The molecule has 0 atom stereocenters. The van der Waals surface area contributed by atoms with Gasteiger partial charge in [0.25, 0.3) is 0 Å². The molecule has 0 aliphatic heterocycles. The van der Waals surface area contributed by atoms with Crippen molar-refractivity contribution >= 4 is 12.0 Å². The zero-order valence-electron chi connectivity index (χ0n) is 6.91. The molecule has 1 rings (SSSR count). The van der Waals surface area contributed by atoms with E-state index in [4.69, 9.17) is 10.5 Å². The van der Waals surface area contributed by atoms with Crippen molar-refractivity contribution in [1.82, 2.24) is 0 Å². The topological polar surface area (TPSA) is 52.3 Å². The van der Waals surface area contributed by atoms with Crippen LogP contribution in [0.2, 0.25) is 0 Å². The lowest BCUT2D eigenvalue weighted by Gasteiger charge is -2.05. The molecule has 2 N–H and O–H groups in total. The third-order valence-electron chi connectivity index (χ3n) is 1.61. The van der Waals surface area contributed by atoms with E-state index in [2.05, 4.69) is 0 Å². The highest BCUT2D eigenvalue weighted by Gasteiger charge is 2.01. The van der Waals surface area contributed by atoms with E-state index in [0.717, 1.165) is 11.8 Å². The lowest BCUT2D eigenvalue weighted by molar-refractivity contribution is -0.107. The first kappa shape index (κ1) is 8.59. The van der Waals surface area contributed by atoms with Gasteiger partial charge in [-0.25, -0.2) is 0 Å². The van der Waals surface area contributed by atoms with Crippen LogP contribution < -0.4 is 10.5 Å². The summed E-state index contributed by atoms with van der Waals surface area (Å²) in [4.78, 5) is 10.3. The number of aldehydes is 1. The Balaban J connectivity index is 3.03. The normalized spacial score (nSPS) is 9.42. The van der Waals surface area contributed by atoms with Gasteiger partial charge in [-0.3, -0.25) is 0 Å². The highest BCUT2D eigenvalue weighted by molar-refractivity contribution is 5.60. The summed E-state index contributed by atoms with van der Waals surface area (Å²) in [5.41, 5.74) is 7.01. The Hall–Kier alpha value is -1.51. The van der Waals surface area contributed by atoms with Crippen LogP contribution in [-0.4, -0.2) is 13.4 Å². The third kappa shape index (κ3) is 1.75. The molecule has 0 saturated carbocycles. The van der Waals surface area contributed by atoms with E-state index in [1.807, 2.05) is 0 Å². The molecule has 64 valence electrons. The van der Waals surface area contributed by atoms with Crippen molar-refractivity contribution in [2.24, 2.45) is 0 Å². The fourth-order valence-electron chi connectivity index (χ4n) is 1.05. The number of carbonyl (C=O) groups is 1. The molecule has 0 unspecified atom stereocenters. The number of carbonyl (C=O) groups excluding carboxylic acids is 1. The molecular weight excluding hydrogens is 154 g/mol. The number of ether oxygens (including phenoxy) is 1. The minimum absolute atomic E-state index is 0.341. The smallest absolute Gasteiger partial charge is 0.124 e. The zero-order chi connectivity index (χ0) is 8.97. The molecule has 0 aliphatic carbocycles. The number of hydrogen-bond donors (Lipinski definition) is 1. The summed E-state index contributed by atoms with van der Waals surface area (Å²) in [5.74, 6) is 0.705. The van der Waals surface area contributed by atoms with Gasteiger partial charge in [0.05, 0.1) is 7.11 Å². The number of rotatable bonds is 3. The van der Waals surface area contributed by atoms with Gasteiger partial charge in [0.15, 0.2) is 0 Å². The summed E-state index contributed by atoms with van der Waals surface area (Å²) < 4.78 is 5.04. The molecule has 0 saturated heterocycles. The van der Waals surface area contributed by atoms with Crippen LogP contribution in [0.25, 0.3) is 0 Å². The minimum atomic E-state index is 0.341. The molecule has 1 aromatic carbocycles. The SMILES string of the molecule is COc1ccc(N)cc1CC=O. The second-order valence-corrected chi connectivity index (χ2v) is 2.44. The van der Waals surface area contributed by atoms with Crippen LogP contribution in [0.3, 0.4) is 0 Å². The molecule has 1 aromatic rings. The van der Waals surface area contributed by atoms with E-state index in [-0.39, 0.29) is 0 Å². The number of nitrogen functional groups attached to an aromatic ring is 1. The zero-order valence-corrected chi connectivity index (χ0v) is 6.91. The summed E-state index contributed by atoms with van der Waals surface area (Å²) in [6.07, 6.45) is 1.17. The van der Waals surface area contributed by atoms with Gasteiger partial charge >= 0.3 is 0 Å². The molecule has 0 bridgehead atoms. The highest BCUT2D eigenvalue weighted by atomic mass is 16.5. The first-order chi connectivity index (χ1) is 5.77. The molecule has 0 heterocycles. The van der Waals surface area contributed by atoms with Gasteiger partial charge in [0, 0.05) is 17.7 Å². The molecule has 0 aromatic heterocycles. The van der Waals surface area contributed by atoms with E-state index < -0.39 is 0 Å². The summed E-state index contributed by atoms with van der Waals surface area (Å²) in [6.45, 7) is 0. The first-order valence-electron chi connectivity index (χ1n) is 3.64. The van der Waals surface area contributed by atoms with Gasteiger partial charge < -0.3 is 15.3 Å². The Bertz CT molecular complexity index is 284. The van der Waals surface area contributed by atoms with E-state index in [9.17, 15) is 4.79 Å². The van der Waals surface area contributed by atoms with Crippen LogP contribution in [-0.2, 0) is 11.2 Å². The van der Waals surface area contributed by atoms with Gasteiger partial charge in [-0.15, -0.1) is 0 Å². The minimum Gasteiger partial charge on any atom is -0.496 e. The summed E-state index contributed by atoms with van der Waals surface area (Å²) in [5, 5.41) is 0. The summed E-state index contributed by atoms with van der Waals surface area (Å²) in [6, 6.07) is 5.24. The molecule has 0 aliphatic rings. The summed E-state index contributed by atoms with van der Waals surface area (Å²) >= 11 is 0. The summed E-state index contributed by atoms with van der Waals surface area (Å²) in [7, 11) is 1.57. The predicted molar refractivity (Wildman–Crippen MR) is 47.2 cm³/mol. The number of anilines is 1. The van der Waals surface area contributed by atoms with Crippen LogP contribution in [0, 0.1) is 0 Å². The molecule has 0 spiro atoms. The average Bonchev–Trinajstić information content (AvgIpc) is 2.05. The maximum Gasteiger partial charge on any atom is 0.124 e. The van der Waals surface area contributed by atoms with Crippen molar-refractivity contribution in [3.63, 3.8) is 0 Å². The van der Waals surface area contributed by atoms with Crippen LogP contribution in [0.1, 0.15) is 5.56 Å². The standard InChI is InChI=1S/C9H11NO2/c1-12-9-3-2-8(10)6-7(9)4-5-11/h2-3,5-6H,4,10H2,1H3. The fraction of sp³-hybridized carbons (Fsp3) is 0.222. The largest absolute Gasteiger partial charge is 0.496 e. The highest BCUT2D eigenvalue weighted by Crippen LogP contribution is 2.20. The van der Waals surface area contributed by atoms with Crippen molar-refractivity contribution in [2.75, 3.05) is 12.8 Å². The molecule has 0 radical (unpaired) electrons. The predicted octanol–water partition coefficient (Wildman–Crippen LogP) is 1.02. The van der Waals surface area contributed by atoms with E-state index in [1.54, 1.807) is 25.3 Å². The van der Waals surface area contributed by atoms with Crippen LogP contribution in [0.4, 0.5) is 5.69 Å². The number of benzene rings is 1. The third-order valence-corrected chi connectivity index (χ3v) is 1.61. The van der Waals surface area contributed by atoms with Gasteiger partial charge in [-0.1, -0.05) is 0 Å². The Kier molecular flexibility index (Phi) is 2.69. The lowest BCUT2D eigenvalue weighted by atomic mass is 10.1. The average molecular weight is 165 g/mol. The van der Waals surface area contributed by atoms with Crippen LogP contribution in [0.5, 0.6) is 5.75 Å². The second-order valence-electron chi connectivity index (χ2n) is 2.44. The van der Waals surface area contributed by atoms with Gasteiger partial charge in [0.2, 0.25) is 0 Å². The van der Waals surface area contributed by atoms with Gasteiger partial charge in [0.1, 0.15) is 12.0 Å². The Morgan fingerprint density at radius 1 is 1.58 bits per heavy atom. The first-order valence-corrected chi connectivity index (χ1v) is 3.64. The second kappa shape index (κ2) is 3.76. The van der Waals surface area contributed by atoms with Crippen LogP contribution >= 0.6 is 0 Å². The monoisotopic (exact) mass is 165 g/mol. The lowest BCUT2D eigenvalue weighted by Crippen LogP contribution is -1.95. The Labute approximate surface area is 71.1 Å². The molecule has 3 heteroatoms. The van der Waals surface area contributed by atoms with Crippen molar-refractivity contribution < 1.29 is 9.53 Å². The molecule has 0 fully saturated rings. The molecular formula is C9H11NO2. The molecule has 3 nitrogen and oxygen atoms in total.